The molecule has 2 rings (SSSR count). The molecule has 0 spiro atoms. The van der Waals surface area contributed by atoms with Crippen molar-refractivity contribution in [2.75, 3.05) is 20.2 Å². The number of para-hydroxylation sites is 1. The zero-order chi connectivity index (χ0) is 15.2. The van der Waals surface area contributed by atoms with Crippen LogP contribution in [0.4, 0.5) is 0 Å². The number of amides is 1. The Bertz CT molecular complexity index is 507. The van der Waals surface area contributed by atoms with E-state index in [1.807, 2.05) is 12.1 Å². The van der Waals surface area contributed by atoms with Gasteiger partial charge in [0.25, 0.3) is 0 Å². The van der Waals surface area contributed by atoms with Crippen molar-refractivity contribution in [3.05, 3.63) is 29.8 Å². The Hall–Kier alpha value is -2.04. The maximum absolute atomic E-state index is 12.2. The second-order valence-corrected chi connectivity index (χ2v) is 5.31. The van der Waals surface area contributed by atoms with Gasteiger partial charge in [-0.15, -0.1) is 0 Å². The van der Waals surface area contributed by atoms with E-state index in [1.54, 1.807) is 17.0 Å². The molecule has 0 atom stereocenters. The van der Waals surface area contributed by atoms with Crippen molar-refractivity contribution in [2.45, 2.75) is 25.7 Å². The van der Waals surface area contributed by atoms with Gasteiger partial charge in [0, 0.05) is 19.5 Å². The number of aromatic hydroxyl groups is 1. The number of aryl methyl sites for hydroxylation is 1. The molecule has 0 aliphatic carbocycles. The van der Waals surface area contributed by atoms with Crippen LogP contribution in [0.2, 0.25) is 0 Å². The fourth-order valence-electron chi connectivity index (χ4n) is 2.65. The molecule has 1 aromatic carbocycles. The van der Waals surface area contributed by atoms with E-state index in [4.69, 9.17) is 4.74 Å². The topological polar surface area (TPSA) is 66.8 Å². The molecule has 5 heteroatoms. The molecule has 0 unspecified atom stereocenters. The minimum absolute atomic E-state index is 0.0709. The van der Waals surface area contributed by atoms with E-state index in [2.05, 4.69) is 0 Å². The van der Waals surface area contributed by atoms with Gasteiger partial charge in [-0.05, 0) is 30.9 Å². The molecule has 1 amide bonds. The molecule has 114 valence electrons. The Kier molecular flexibility index (Phi) is 5.20. The monoisotopic (exact) mass is 291 g/mol. The van der Waals surface area contributed by atoms with Gasteiger partial charge in [0.05, 0.1) is 13.0 Å². The normalized spacial score (nSPS) is 15.8. The number of benzene rings is 1. The number of ether oxygens (including phenoxy) is 1. The molecule has 0 bridgehead atoms. The third-order valence-electron chi connectivity index (χ3n) is 3.98. The average Bonchev–Trinajstić information content (AvgIpc) is 2.53. The van der Waals surface area contributed by atoms with Crippen molar-refractivity contribution in [1.29, 1.82) is 0 Å². The van der Waals surface area contributed by atoms with Gasteiger partial charge in [-0.1, -0.05) is 18.2 Å². The minimum Gasteiger partial charge on any atom is -0.508 e. The van der Waals surface area contributed by atoms with Crippen LogP contribution in [-0.2, 0) is 20.7 Å². The number of carbonyl (C=O) groups excluding carboxylic acids is 2. The zero-order valence-corrected chi connectivity index (χ0v) is 12.2. The number of rotatable bonds is 4. The zero-order valence-electron chi connectivity index (χ0n) is 12.2. The van der Waals surface area contributed by atoms with E-state index in [9.17, 15) is 14.7 Å². The van der Waals surface area contributed by atoms with Crippen molar-refractivity contribution in [3.8, 4) is 5.75 Å². The van der Waals surface area contributed by atoms with Crippen LogP contribution < -0.4 is 0 Å². The van der Waals surface area contributed by atoms with Crippen LogP contribution in [0.3, 0.4) is 0 Å². The van der Waals surface area contributed by atoms with Gasteiger partial charge in [0.2, 0.25) is 5.91 Å². The highest BCUT2D eigenvalue weighted by Gasteiger charge is 2.27. The summed E-state index contributed by atoms with van der Waals surface area (Å²) in [5.74, 6) is 0.0322. The summed E-state index contributed by atoms with van der Waals surface area (Å²) in [4.78, 5) is 25.4. The first-order valence-corrected chi connectivity index (χ1v) is 7.24. The molecule has 0 aromatic heterocycles. The number of likely N-dealkylation sites (tertiary alicyclic amines) is 1. The Morgan fingerprint density at radius 2 is 1.95 bits per heavy atom. The summed E-state index contributed by atoms with van der Waals surface area (Å²) in [6, 6.07) is 7.06. The number of nitrogens with zero attached hydrogens (tertiary/aromatic N) is 1. The quantitative estimate of drug-likeness (QED) is 0.858. The van der Waals surface area contributed by atoms with Gasteiger partial charge < -0.3 is 14.7 Å². The molecule has 1 heterocycles. The molecular weight excluding hydrogens is 270 g/mol. The minimum atomic E-state index is -0.184. The van der Waals surface area contributed by atoms with Crippen molar-refractivity contribution < 1.29 is 19.4 Å². The Morgan fingerprint density at radius 3 is 2.57 bits per heavy atom. The van der Waals surface area contributed by atoms with Gasteiger partial charge in [0.1, 0.15) is 5.75 Å². The number of hydrogen-bond acceptors (Lipinski definition) is 4. The van der Waals surface area contributed by atoms with Crippen molar-refractivity contribution in [3.63, 3.8) is 0 Å². The number of phenols is 1. The molecule has 1 fully saturated rings. The number of phenolic OH excluding ortho intramolecular Hbond substituents is 1. The first-order valence-electron chi connectivity index (χ1n) is 7.24. The van der Waals surface area contributed by atoms with E-state index in [0.29, 0.717) is 38.8 Å². The molecule has 1 aliphatic heterocycles. The molecule has 1 saturated heterocycles. The summed E-state index contributed by atoms with van der Waals surface area (Å²) >= 11 is 0. The highest BCUT2D eigenvalue weighted by molar-refractivity contribution is 5.77. The summed E-state index contributed by atoms with van der Waals surface area (Å²) in [6.45, 7) is 1.19. The predicted molar refractivity (Wildman–Crippen MR) is 77.7 cm³/mol. The molecule has 1 aliphatic rings. The first-order chi connectivity index (χ1) is 10.1. The largest absolute Gasteiger partial charge is 0.508 e. The van der Waals surface area contributed by atoms with E-state index in [1.165, 1.54) is 7.11 Å². The third-order valence-corrected chi connectivity index (χ3v) is 3.98. The summed E-state index contributed by atoms with van der Waals surface area (Å²) < 4.78 is 4.73. The Balaban J connectivity index is 1.80. The predicted octanol–water partition coefficient (Wildman–Crippen LogP) is 1.74. The van der Waals surface area contributed by atoms with Crippen molar-refractivity contribution in [2.24, 2.45) is 5.92 Å². The van der Waals surface area contributed by atoms with Gasteiger partial charge in [0.15, 0.2) is 0 Å². The molecular formula is C16H21NO4. The second kappa shape index (κ2) is 7.11. The van der Waals surface area contributed by atoms with E-state index in [-0.39, 0.29) is 23.5 Å². The second-order valence-electron chi connectivity index (χ2n) is 5.31. The maximum atomic E-state index is 12.2. The average molecular weight is 291 g/mol. The van der Waals surface area contributed by atoms with Gasteiger partial charge in [-0.3, -0.25) is 9.59 Å². The van der Waals surface area contributed by atoms with Crippen LogP contribution in [-0.4, -0.2) is 42.1 Å². The van der Waals surface area contributed by atoms with Crippen LogP contribution in [0, 0.1) is 5.92 Å². The van der Waals surface area contributed by atoms with Gasteiger partial charge in [-0.2, -0.15) is 0 Å². The van der Waals surface area contributed by atoms with E-state index in [0.717, 1.165) is 5.56 Å². The Labute approximate surface area is 124 Å². The maximum Gasteiger partial charge on any atom is 0.308 e. The summed E-state index contributed by atoms with van der Waals surface area (Å²) in [6.07, 6.45) is 2.23. The molecule has 0 radical (unpaired) electrons. The molecule has 21 heavy (non-hydrogen) atoms. The number of methoxy groups -OCH3 is 1. The fraction of sp³-hybridized carbons (Fsp3) is 0.500. The highest BCUT2D eigenvalue weighted by Crippen LogP contribution is 2.21. The molecule has 1 N–H and O–H groups in total. The van der Waals surface area contributed by atoms with Crippen LogP contribution >= 0.6 is 0 Å². The standard InChI is InChI=1S/C16H21NO4/c1-21-16(20)13-8-10-17(11-9-13)15(19)7-6-12-4-2-3-5-14(12)18/h2-5,13,18H,6-11H2,1H3. The first kappa shape index (κ1) is 15.4. The van der Waals surface area contributed by atoms with Crippen LogP contribution in [0.5, 0.6) is 5.75 Å². The van der Waals surface area contributed by atoms with Gasteiger partial charge >= 0.3 is 5.97 Å². The number of esters is 1. The number of piperidine rings is 1. The van der Waals surface area contributed by atoms with E-state index >= 15 is 0 Å². The summed E-state index contributed by atoms with van der Waals surface area (Å²) in [5.41, 5.74) is 0.787. The Morgan fingerprint density at radius 1 is 1.29 bits per heavy atom. The summed E-state index contributed by atoms with van der Waals surface area (Å²) in [5, 5.41) is 9.68. The lowest BCUT2D eigenvalue weighted by Gasteiger charge is -2.30. The summed E-state index contributed by atoms with van der Waals surface area (Å²) in [7, 11) is 1.40. The fourth-order valence-corrected chi connectivity index (χ4v) is 2.65. The lowest BCUT2D eigenvalue weighted by atomic mass is 9.96. The third kappa shape index (κ3) is 3.97. The van der Waals surface area contributed by atoms with E-state index < -0.39 is 0 Å². The molecule has 0 saturated carbocycles. The van der Waals surface area contributed by atoms with Crippen molar-refractivity contribution in [1.82, 2.24) is 4.90 Å². The number of carbonyl (C=O) groups is 2. The van der Waals surface area contributed by atoms with Crippen LogP contribution in [0.15, 0.2) is 24.3 Å². The molecule has 5 nitrogen and oxygen atoms in total. The van der Waals surface area contributed by atoms with Crippen molar-refractivity contribution >= 4 is 11.9 Å². The lowest BCUT2D eigenvalue weighted by Crippen LogP contribution is -2.40. The smallest absolute Gasteiger partial charge is 0.308 e. The number of hydrogen-bond donors (Lipinski definition) is 1. The highest BCUT2D eigenvalue weighted by atomic mass is 16.5. The molecule has 1 aromatic rings. The van der Waals surface area contributed by atoms with Crippen LogP contribution in [0.1, 0.15) is 24.8 Å². The SMILES string of the molecule is COC(=O)C1CCN(C(=O)CCc2ccccc2O)CC1. The van der Waals surface area contributed by atoms with Crippen LogP contribution in [0.25, 0.3) is 0 Å². The van der Waals surface area contributed by atoms with Gasteiger partial charge in [-0.25, -0.2) is 0 Å². The lowest BCUT2D eigenvalue weighted by molar-refractivity contribution is -0.148.